The Morgan fingerprint density at radius 3 is 2.35 bits per heavy atom. The van der Waals surface area contributed by atoms with Gasteiger partial charge in [0, 0.05) is 18.7 Å². The van der Waals surface area contributed by atoms with Gasteiger partial charge in [-0.2, -0.15) is 0 Å². The summed E-state index contributed by atoms with van der Waals surface area (Å²) in [5, 5.41) is 8.79. The summed E-state index contributed by atoms with van der Waals surface area (Å²) in [6.07, 6.45) is 9.52. The predicted molar refractivity (Wildman–Crippen MR) is 73.0 cm³/mol. The molecule has 0 amide bonds. The molecule has 0 unspecified atom stereocenters. The zero-order valence-corrected chi connectivity index (χ0v) is 11.4. The van der Waals surface area contributed by atoms with Crippen molar-refractivity contribution in [1.82, 2.24) is 4.90 Å². The van der Waals surface area contributed by atoms with Gasteiger partial charge in [0.15, 0.2) is 0 Å². The molecule has 0 atom stereocenters. The largest absolute Gasteiger partial charge is 0.396 e. The number of nitrogens with zero attached hydrogens (tertiary/aromatic N) is 1. The van der Waals surface area contributed by atoms with Crippen molar-refractivity contribution in [3.8, 4) is 0 Å². The van der Waals surface area contributed by atoms with Crippen molar-refractivity contribution in [1.29, 1.82) is 0 Å². The van der Waals surface area contributed by atoms with Gasteiger partial charge in [0.1, 0.15) is 0 Å². The molecule has 3 nitrogen and oxygen atoms in total. The molecule has 1 aliphatic rings. The highest BCUT2D eigenvalue weighted by Crippen LogP contribution is 2.22. The second-order valence-corrected chi connectivity index (χ2v) is 5.39. The zero-order chi connectivity index (χ0) is 12.5. The zero-order valence-electron chi connectivity index (χ0n) is 11.4. The standard InChI is InChI=1S/C14H30N2O/c1-2-10-16(11-4-3-5-12-17)14-8-6-13(15)7-9-14/h13-14,17H,2-12,15H2,1H3. The maximum absolute atomic E-state index is 8.79. The first-order chi connectivity index (χ1) is 8.27. The van der Waals surface area contributed by atoms with Crippen LogP contribution in [0.15, 0.2) is 0 Å². The number of aliphatic hydroxyl groups is 1. The summed E-state index contributed by atoms with van der Waals surface area (Å²) >= 11 is 0. The molecule has 0 radical (unpaired) electrons. The highest BCUT2D eigenvalue weighted by Gasteiger charge is 2.23. The maximum Gasteiger partial charge on any atom is 0.0431 e. The van der Waals surface area contributed by atoms with Crippen LogP contribution in [0.25, 0.3) is 0 Å². The van der Waals surface area contributed by atoms with E-state index in [1.807, 2.05) is 0 Å². The van der Waals surface area contributed by atoms with Gasteiger partial charge >= 0.3 is 0 Å². The number of aliphatic hydroxyl groups excluding tert-OH is 1. The number of rotatable bonds is 8. The summed E-state index contributed by atoms with van der Waals surface area (Å²) in [6.45, 7) is 5.02. The molecule has 102 valence electrons. The van der Waals surface area contributed by atoms with E-state index in [-0.39, 0.29) is 0 Å². The number of hydrogen-bond acceptors (Lipinski definition) is 3. The molecule has 1 saturated carbocycles. The van der Waals surface area contributed by atoms with Crippen LogP contribution in [0.3, 0.4) is 0 Å². The van der Waals surface area contributed by atoms with E-state index in [0.29, 0.717) is 12.6 Å². The van der Waals surface area contributed by atoms with Crippen molar-refractivity contribution in [2.24, 2.45) is 5.73 Å². The topological polar surface area (TPSA) is 49.5 Å². The van der Waals surface area contributed by atoms with Crippen LogP contribution in [0.1, 0.15) is 58.3 Å². The van der Waals surface area contributed by atoms with E-state index < -0.39 is 0 Å². The molecule has 1 rings (SSSR count). The molecular weight excluding hydrogens is 212 g/mol. The summed E-state index contributed by atoms with van der Waals surface area (Å²) in [4.78, 5) is 2.66. The lowest BCUT2D eigenvalue weighted by Crippen LogP contribution is -2.41. The second kappa shape index (κ2) is 8.90. The van der Waals surface area contributed by atoms with Crippen LogP contribution in [0, 0.1) is 0 Å². The molecule has 1 fully saturated rings. The molecule has 17 heavy (non-hydrogen) atoms. The lowest BCUT2D eigenvalue weighted by Gasteiger charge is -2.36. The summed E-state index contributed by atoms with van der Waals surface area (Å²) in [7, 11) is 0. The van der Waals surface area contributed by atoms with E-state index in [0.717, 1.165) is 18.9 Å². The Morgan fingerprint density at radius 2 is 1.76 bits per heavy atom. The Balaban J connectivity index is 2.26. The molecule has 3 N–H and O–H groups in total. The Bertz CT molecular complexity index is 179. The van der Waals surface area contributed by atoms with Crippen LogP contribution < -0.4 is 5.73 Å². The second-order valence-electron chi connectivity index (χ2n) is 5.39. The summed E-state index contributed by atoms with van der Waals surface area (Å²) < 4.78 is 0. The van der Waals surface area contributed by atoms with E-state index in [1.54, 1.807) is 0 Å². The first-order valence-corrected chi connectivity index (χ1v) is 7.38. The molecule has 1 aliphatic carbocycles. The minimum atomic E-state index is 0.339. The molecule has 3 heteroatoms. The van der Waals surface area contributed by atoms with Crippen LogP contribution in [-0.2, 0) is 0 Å². The van der Waals surface area contributed by atoms with Gasteiger partial charge in [-0.3, -0.25) is 0 Å². The van der Waals surface area contributed by atoms with Crippen molar-refractivity contribution in [2.75, 3.05) is 19.7 Å². The lowest BCUT2D eigenvalue weighted by atomic mass is 9.90. The Hall–Kier alpha value is -0.120. The quantitative estimate of drug-likeness (QED) is 0.641. The van der Waals surface area contributed by atoms with E-state index >= 15 is 0 Å². The third-order valence-corrected chi connectivity index (χ3v) is 3.87. The molecule has 0 aromatic rings. The van der Waals surface area contributed by atoms with Crippen LogP contribution in [0.5, 0.6) is 0 Å². The van der Waals surface area contributed by atoms with Crippen LogP contribution in [0.2, 0.25) is 0 Å². The van der Waals surface area contributed by atoms with E-state index in [4.69, 9.17) is 10.8 Å². The van der Waals surface area contributed by atoms with Crippen molar-refractivity contribution in [3.63, 3.8) is 0 Å². The van der Waals surface area contributed by atoms with Gasteiger partial charge in [0.05, 0.1) is 0 Å². The van der Waals surface area contributed by atoms with Gasteiger partial charge < -0.3 is 15.7 Å². The minimum Gasteiger partial charge on any atom is -0.396 e. The molecule has 0 saturated heterocycles. The Kier molecular flexibility index (Phi) is 7.82. The van der Waals surface area contributed by atoms with Crippen molar-refractivity contribution < 1.29 is 5.11 Å². The van der Waals surface area contributed by atoms with Gasteiger partial charge in [-0.15, -0.1) is 0 Å². The molecule has 0 bridgehead atoms. The van der Waals surface area contributed by atoms with E-state index in [2.05, 4.69) is 11.8 Å². The van der Waals surface area contributed by atoms with Crippen molar-refractivity contribution in [2.45, 2.75) is 70.4 Å². The van der Waals surface area contributed by atoms with Crippen LogP contribution in [-0.4, -0.2) is 41.8 Å². The average molecular weight is 242 g/mol. The molecule has 0 aliphatic heterocycles. The monoisotopic (exact) mass is 242 g/mol. The predicted octanol–water partition coefficient (Wildman–Crippen LogP) is 2.13. The van der Waals surface area contributed by atoms with Crippen LogP contribution in [0.4, 0.5) is 0 Å². The molecule has 0 aromatic carbocycles. The van der Waals surface area contributed by atoms with Gasteiger partial charge in [-0.25, -0.2) is 0 Å². The fraction of sp³-hybridized carbons (Fsp3) is 1.00. The normalized spacial score (nSPS) is 25.4. The third-order valence-electron chi connectivity index (χ3n) is 3.87. The number of unbranched alkanes of at least 4 members (excludes halogenated alkanes) is 2. The third kappa shape index (κ3) is 5.84. The highest BCUT2D eigenvalue weighted by atomic mass is 16.2. The Labute approximate surface area is 106 Å². The summed E-state index contributed by atoms with van der Waals surface area (Å²) in [5.41, 5.74) is 5.96. The fourth-order valence-corrected chi connectivity index (χ4v) is 2.83. The van der Waals surface area contributed by atoms with E-state index in [9.17, 15) is 0 Å². The fourth-order valence-electron chi connectivity index (χ4n) is 2.83. The van der Waals surface area contributed by atoms with Crippen LogP contribution >= 0.6 is 0 Å². The van der Waals surface area contributed by atoms with Gasteiger partial charge in [0.2, 0.25) is 0 Å². The first kappa shape index (κ1) is 14.9. The molecular formula is C14H30N2O. The van der Waals surface area contributed by atoms with Crippen molar-refractivity contribution in [3.05, 3.63) is 0 Å². The minimum absolute atomic E-state index is 0.339. The molecule has 0 spiro atoms. The number of nitrogens with two attached hydrogens (primary N) is 1. The Morgan fingerprint density at radius 1 is 1.06 bits per heavy atom. The van der Waals surface area contributed by atoms with Gasteiger partial charge in [-0.1, -0.05) is 6.92 Å². The first-order valence-electron chi connectivity index (χ1n) is 7.38. The van der Waals surface area contributed by atoms with Crippen molar-refractivity contribution >= 4 is 0 Å². The highest BCUT2D eigenvalue weighted by molar-refractivity contribution is 4.81. The van der Waals surface area contributed by atoms with Gasteiger partial charge in [-0.05, 0) is 64.5 Å². The molecule has 0 heterocycles. The SMILES string of the molecule is CCCN(CCCCCO)C1CCC(N)CC1. The number of hydrogen-bond donors (Lipinski definition) is 2. The average Bonchev–Trinajstić information content (AvgIpc) is 2.34. The van der Waals surface area contributed by atoms with Gasteiger partial charge in [0.25, 0.3) is 0 Å². The molecule has 0 aromatic heterocycles. The maximum atomic E-state index is 8.79. The van der Waals surface area contributed by atoms with E-state index in [1.165, 1.54) is 51.6 Å². The smallest absolute Gasteiger partial charge is 0.0431 e. The lowest BCUT2D eigenvalue weighted by molar-refractivity contribution is 0.145. The summed E-state index contributed by atoms with van der Waals surface area (Å²) in [6, 6.07) is 1.22. The summed E-state index contributed by atoms with van der Waals surface area (Å²) in [5.74, 6) is 0.